The first-order valence-electron chi connectivity index (χ1n) is 5.47. The minimum Gasteiger partial charge on any atom is -0.308 e. The quantitative estimate of drug-likeness (QED) is 0.753. The molecule has 0 N–H and O–H groups in total. The summed E-state index contributed by atoms with van der Waals surface area (Å²) in [7, 11) is 0. The van der Waals surface area contributed by atoms with Crippen molar-refractivity contribution in [3.05, 3.63) is 65.2 Å². The topological polar surface area (TPSA) is 34.9 Å². The highest BCUT2D eigenvalue weighted by atomic mass is 16.1. The third kappa shape index (κ3) is 2.33. The fraction of sp³-hybridized carbons (Fsp3) is 0.143. The Kier molecular flexibility index (Phi) is 3.19. The maximum absolute atomic E-state index is 11.8. The molecule has 0 aliphatic heterocycles. The zero-order valence-corrected chi connectivity index (χ0v) is 9.76. The summed E-state index contributed by atoms with van der Waals surface area (Å²) in [5.41, 5.74) is 2.26. The maximum atomic E-state index is 11.8. The number of benzene rings is 1. The van der Waals surface area contributed by atoms with Crippen molar-refractivity contribution in [2.45, 2.75) is 13.5 Å². The predicted molar refractivity (Wildman–Crippen MR) is 68.9 cm³/mol. The Morgan fingerprint density at radius 1 is 1.35 bits per heavy atom. The maximum Gasteiger partial charge on any atom is 0.272 e. The lowest BCUT2D eigenvalue weighted by atomic mass is 10.1. The first kappa shape index (κ1) is 11.3. The Morgan fingerprint density at radius 2 is 2.06 bits per heavy atom. The van der Waals surface area contributed by atoms with Crippen LogP contribution in [0.3, 0.4) is 0 Å². The van der Waals surface area contributed by atoms with Crippen molar-refractivity contribution < 1.29 is 0 Å². The number of hydrogen-bond donors (Lipinski definition) is 0. The molecule has 0 bridgehead atoms. The van der Waals surface area contributed by atoms with Crippen LogP contribution in [-0.4, -0.2) is 9.55 Å². The van der Waals surface area contributed by atoms with Crippen LogP contribution in [-0.2, 0) is 6.54 Å². The van der Waals surface area contributed by atoms with E-state index in [9.17, 15) is 4.79 Å². The van der Waals surface area contributed by atoms with E-state index in [1.54, 1.807) is 23.8 Å². The molecule has 3 heteroatoms. The minimum atomic E-state index is -0.0652. The van der Waals surface area contributed by atoms with Crippen LogP contribution in [0.15, 0.2) is 54.0 Å². The second-order valence-electron chi connectivity index (χ2n) is 3.82. The Morgan fingerprint density at radius 3 is 2.71 bits per heavy atom. The normalized spacial score (nSPS) is 10.2. The van der Waals surface area contributed by atoms with Crippen molar-refractivity contribution >= 4 is 0 Å². The molecule has 0 radical (unpaired) electrons. The molecule has 86 valence electrons. The molecule has 0 spiro atoms. The van der Waals surface area contributed by atoms with E-state index in [-0.39, 0.29) is 5.56 Å². The van der Waals surface area contributed by atoms with Gasteiger partial charge in [-0.3, -0.25) is 4.79 Å². The summed E-state index contributed by atoms with van der Waals surface area (Å²) in [4.78, 5) is 16.1. The van der Waals surface area contributed by atoms with E-state index in [0.717, 1.165) is 11.3 Å². The Labute approximate surface area is 100 Å². The van der Waals surface area contributed by atoms with Gasteiger partial charge >= 0.3 is 0 Å². The molecule has 2 aromatic rings. The number of aryl methyl sites for hydroxylation is 1. The summed E-state index contributed by atoms with van der Waals surface area (Å²) in [6.07, 6.45) is 3.47. The number of allylic oxidation sites excluding steroid dienone is 1. The molecule has 1 heterocycles. The summed E-state index contributed by atoms with van der Waals surface area (Å²) in [6, 6.07) is 9.82. The molecule has 0 atom stereocenters. The number of rotatable bonds is 3. The molecule has 3 nitrogen and oxygen atoms in total. The van der Waals surface area contributed by atoms with Crippen LogP contribution in [0.2, 0.25) is 0 Å². The van der Waals surface area contributed by atoms with Gasteiger partial charge in [-0.1, -0.05) is 36.4 Å². The molecule has 17 heavy (non-hydrogen) atoms. The SMILES string of the molecule is C=CCn1cc(-c2ccccc2)nc(C)c1=O. The van der Waals surface area contributed by atoms with Gasteiger partial charge in [-0.05, 0) is 6.92 Å². The van der Waals surface area contributed by atoms with Crippen LogP contribution in [0.1, 0.15) is 5.69 Å². The van der Waals surface area contributed by atoms with Crippen LogP contribution < -0.4 is 5.56 Å². The van der Waals surface area contributed by atoms with Crippen molar-refractivity contribution in [2.75, 3.05) is 0 Å². The molecule has 2 rings (SSSR count). The van der Waals surface area contributed by atoms with Gasteiger partial charge in [0.25, 0.3) is 5.56 Å². The highest BCUT2D eigenvalue weighted by Gasteiger charge is 2.05. The summed E-state index contributed by atoms with van der Waals surface area (Å²) >= 11 is 0. The lowest BCUT2D eigenvalue weighted by Crippen LogP contribution is -2.23. The summed E-state index contributed by atoms with van der Waals surface area (Å²) in [6.45, 7) is 5.88. The van der Waals surface area contributed by atoms with E-state index >= 15 is 0 Å². The highest BCUT2D eigenvalue weighted by Crippen LogP contribution is 2.14. The van der Waals surface area contributed by atoms with Crippen molar-refractivity contribution in [3.8, 4) is 11.3 Å². The number of aromatic nitrogens is 2. The molecule has 0 saturated heterocycles. The van der Waals surface area contributed by atoms with Crippen LogP contribution in [0, 0.1) is 6.92 Å². The van der Waals surface area contributed by atoms with E-state index in [2.05, 4.69) is 11.6 Å². The van der Waals surface area contributed by atoms with Gasteiger partial charge in [0.1, 0.15) is 5.69 Å². The average molecular weight is 226 g/mol. The van der Waals surface area contributed by atoms with E-state index in [1.807, 2.05) is 30.3 Å². The molecule has 0 fully saturated rings. The molecular formula is C14H14N2O. The Balaban J connectivity index is 2.57. The second-order valence-corrected chi connectivity index (χ2v) is 3.82. The van der Waals surface area contributed by atoms with Crippen LogP contribution >= 0.6 is 0 Å². The molecular weight excluding hydrogens is 212 g/mol. The van der Waals surface area contributed by atoms with Gasteiger partial charge in [0.15, 0.2) is 0 Å². The predicted octanol–water partition coefficient (Wildman–Crippen LogP) is 2.40. The zero-order chi connectivity index (χ0) is 12.3. The van der Waals surface area contributed by atoms with E-state index in [4.69, 9.17) is 0 Å². The van der Waals surface area contributed by atoms with Gasteiger partial charge in [0.2, 0.25) is 0 Å². The van der Waals surface area contributed by atoms with Crippen molar-refractivity contribution in [3.63, 3.8) is 0 Å². The summed E-state index contributed by atoms with van der Waals surface area (Å²) < 4.78 is 1.62. The monoisotopic (exact) mass is 226 g/mol. The van der Waals surface area contributed by atoms with Crippen molar-refractivity contribution in [1.82, 2.24) is 9.55 Å². The van der Waals surface area contributed by atoms with E-state index < -0.39 is 0 Å². The Hall–Kier alpha value is -2.16. The van der Waals surface area contributed by atoms with Gasteiger partial charge in [-0.15, -0.1) is 6.58 Å². The number of nitrogens with zero attached hydrogens (tertiary/aromatic N) is 2. The smallest absolute Gasteiger partial charge is 0.272 e. The van der Waals surface area contributed by atoms with Crippen LogP contribution in [0.5, 0.6) is 0 Å². The molecule has 0 aliphatic rings. The van der Waals surface area contributed by atoms with Gasteiger partial charge in [0.05, 0.1) is 5.69 Å². The van der Waals surface area contributed by atoms with E-state index in [1.165, 1.54) is 0 Å². The lowest BCUT2D eigenvalue weighted by Gasteiger charge is -2.07. The first-order valence-corrected chi connectivity index (χ1v) is 5.47. The molecule has 0 aliphatic carbocycles. The third-order valence-electron chi connectivity index (χ3n) is 2.53. The van der Waals surface area contributed by atoms with Gasteiger partial charge in [-0.25, -0.2) is 4.98 Å². The van der Waals surface area contributed by atoms with Crippen LogP contribution in [0.4, 0.5) is 0 Å². The standard InChI is InChI=1S/C14H14N2O/c1-3-9-16-10-13(15-11(2)14(16)17)12-7-5-4-6-8-12/h3-8,10H,1,9H2,2H3. The van der Waals surface area contributed by atoms with Gasteiger partial charge in [-0.2, -0.15) is 0 Å². The largest absolute Gasteiger partial charge is 0.308 e. The van der Waals surface area contributed by atoms with Crippen LogP contribution in [0.25, 0.3) is 11.3 Å². The third-order valence-corrected chi connectivity index (χ3v) is 2.53. The molecule has 0 unspecified atom stereocenters. The van der Waals surface area contributed by atoms with Gasteiger partial charge < -0.3 is 4.57 Å². The van der Waals surface area contributed by atoms with Crippen molar-refractivity contribution in [1.29, 1.82) is 0 Å². The summed E-state index contributed by atoms with van der Waals surface area (Å²) in [5, 5.41) is 0. The lowest BCUT2D eigenvalue weighted by molar-refractivity contribution is 0.758. The van der Waals surface area contributed by atoms with Gasteiger partial charge in [0, 0.05) is 18.3 Å². The highest BCUT2D eigenvalue weighted by molar-refractivity contribution is 5.57. The first-order chi connectivity index (χ1) is 8.22. The minimum absolute atomic E-state index is 0.0652. The Bertz CT molecular complexity index is 585. The molecule has 0 saturated carbocycles. The number of hydrogen-bond acceptors (Lipinski definition) is 2. The summed E-state index contributed by atoms with van der Waals surface area (Å²) in [5.74, 6) is 0. The van der Waals surface area contributed by atoms with Crippen molar-refractivity contribution in [2.24, 2.45) is 0 Å². The fourth-order valence-corrected chi connectivity index (χ4v) is 1.69. The zero-order valence-electron chi connectivity index (χ0n) is 9.76. The molecule has 1 aromatic carbocycles. The van der Waals surface area contributed by atoms with E-state index in [0.29, 0.717) is 12.2 Å². The second kappa shape index (κ2) is 4.78. The molecule has 1 aromatic heterocycles. The fourth-order valence-electron chi connectivity index (χ4n) is 1.69. The molecule has 0 amide bonds. The average Bonchev–Trinajstić information content (AvgIpc) is 2.36.